The standard InChI is InChI=1S/C21H20O9/c1-10(22)27-14-7-18(28-11(2)23)15-9-20(29-12(3)24)21(30-19(15)8-14)13-4-5-16(25)17(26)6-13/h4-8,20-21,25-26H,9H2,1-3H3/t20-,21?/m1/s1. The van der Waals surface area contributed by atoms with E-state index in [9.17, 15) is 24.6 Å². The summed E-state index contributed by atoms with van der Waals surface area (Å²) in [5.41, 5.74) is 0.890. The summed E-state index contributed by atoms with van der Waals surface area (Å²) < 4.78 is 21.8. The fraction of sp³-hybridized carbons (Fsp3) is 0.286. The molecule has 3 rings (SSSR count). The molecule has 9 nitrogen and oxygen atoms in total. The second-order valence-electron chi connectivity index (χ2n) is 6.72. The molecule has 2 aromatic carbocycles. The van der Waals surface area contributed by atoms with E-state index in [1.165, 1.54) is 51.1 Å². The molecule has 0 spiro atoms. The molecule has 0 saturated carbocycles. The summed E-state index contributed by atoms with van der Waals surface area (Å²) in [4.78, 5) is 34.6. The molecule has 1 heterocycles. The number of esters is 3. The predicted octanol–water partition coefficient (Wildman–Crippen LogP) is 2.56. The highest BCUT2D eigenvalue weighted by Crippen LogP contribution is 2.44. The minimum Gasteiger partial charge on any atom is -0.504 e. The summed E-state index contributed by atoms with van der Waals surface area (Å²) in [6, 6.07) is 6.94. The molecule has 1 aliphatic rings. The molecule has 0 amide bonds. The summed E-state index contributed by atoms with van der Waals surface area (Å²) in [6.07, 6.45) is -1.53. The van der Waals surface area contributed by atoms with Crippen molar-refractivity contribution in [2.24, 2.45) is 0 Å². The number of phenolic OH excluding ortho intramolecular Hbond substituents is 2. The minimum atomic E-state index is -0.842. The van der Waals surface area contributed by atoms with E-state index in [4.69, 9.17) is 18.9 Å². The zero-order valence-corrected chi connectivity index (χ0v) is 16.5. The third-order valence-electron chi connectivity index (χ3n) is 4.30. The maximum absolute atomic E-state index is 11.6. The van der Waals surface area contributed by atoms with Gasteiger partial charge in [0.1, 0.15) is 23.4 Å². The number of phenols is 2. The van der Waals surface area contributed by atoms with Crippen molar-refractivity contribution in [3.63, 3.8) is 0 Å². The SMILES string of the molecule is CC(=O)Oc1cc(OC(C)=O)c2c(c1)OC(c1ccc(O)c(O)c1)[C@H](OC(C)=O)C2. The van der Waals surface area contributed by atoms with E-state index in [2.05, 4.69) is 0 Å². The number of fused-ring (bicyclic) bond motifs is 1. The van der Waals surface area contributed by atoms with E-state index in [1.807, 2.05) is 0 Å². The van der Waals surface area contributed by atoms with Crippen LogP contribution in [0.4, 0.5) is 0 Å². The molecule has 0 radical (unpaired) electrons. The first-order valence-corrected chi connectivity index (χ1v) is 9.03. The van der Waals surface area contributed by atoms with Gasteiger partial charge in [-0.3, -0.25) is 14.4 Å². The second-order valence-corrected chi connectivity index (χ2v) is 6.72. The van der Waals surface area contributed by atoms with Crippen LogP contribution >= 0.6 is 0 Å². The van der Waals surface area contributed by atoms with Crippen LogP contribution in [-0.4, -0.2) is 34.2 Å². The van der Waals surface area contributed by atoms with Crippen LogP contribution in [0.25, 0.3) is 0 Å². The molecule has 2 aromatic rings. The number of aromatic hydroxyl groups is 2. The average molecular weight is 416 g/mol. The number of ether oxygens (including phenoxy) is 4. The highest BCUT2D eigenvalue weighted by atomic mass is 16.6. The number of carbonyl (C=O) groups excluding carboxylic acids is 3. The topological polar surface area (TPSA) is 129 Å². The van der Waals surface area contributed by atoms with Crippen molar-refractivity contribution >= 4 is 17.9 Å². The zero-order chi connectivity index (χ0) is 22.0. The smallest absolute Gasteiger partial charge is 0.308 e. The average Bonchev–Trinajstić information content (AvgIpc) is 2.62. The van der Waals surface area contributed by atoms with Gasteiger partial charge in [-0.2, -0.15) is 0 Å². The second kappa shape index (κ2) is 8.32. The molecule has 1 unspecified atom stereocenters. The largest absolute Gasteiger partial charge is 0.504 e. The maximum Gasteiger partial charge on any atom is 0.308 e. The van der Waals surface area contributed by atoms with Gasteiger partial charge in [-0.1, -0.05) is 6.07 Å². The van der Waals surface area contributed by atoms with Crippen LogP contribution in [0.1, 0.15) is 38.0 Å². The molecule has 0 bridgehead atoms. The summed E-state index contributed by atoms with van der Waals surface area (Å²) in [5, 5.41) is 19.4. The van der Waals surface area contributed by atoms with Crippen molar-refractivity contribution in [3.05, 3.63) is 41.5 Å². The van der Waals surface area contributed by atoms with Gasteiger partial charge in [0, 0.05) is 50.5 Å². The van der Waals surface area contributed by atoms with Gasteiger partial charge in [-0.25, -0.2) is 0 Å². The first-order chi connectivity index (χ1) is 14.1. The van der Waals surface area contributed by atoms with Crippen molar-refractivity contribution in [1.29, 1.82) is 0 Å². The lowest BCUT2D eigenvalue weighted by Crippen LogP contribution is -2.34. The molecule has 2 N–H and O–H groups in total. The van der Waals surface area contributed by atoms with Crippen LogP contribution < -0.4 is 14.2 Å². The fourth-order valence-corrected chi connectivity index (χ4v) is 3.21. The molecule has 2 atom stereocenters. The van der Waals surface area contributed by atoms with Gasteiger partial charge in [0.15, 0.2) is 17.6 Å². The van der Waals surface area contributed by atoms with Crippen molar-refractivity contribution in [2.45, 2.75) is 39.4 Å². The normalized spacial score (nSPS) is 17.3. The zero-order valence-electron chi connectivity index (χ0n) is 16.5. The van der Waals surface area contributed by atoms with Crippen LogP contribution in [-0.2, 0) is 25.5 Å². The van der Waals surface area contributed by atoms with Crippen molar-refractivity contribution in [2.75, 3.05) is 0 Å². The van der Waals surface area contributed by atoms with E-state index >= 15 is 0 Å². The van der Waals surface area contributed by atoms with Crippen molar-refractivity contribution in [1.82, 2.24) is 0 Å². The van der Waals surface area contributed by atoms with Gasteiger partial charge in [-0.15, -0.1) is 0 Å². The van der Waals surface area contributed by atoms with Gasteiger partial charge in [-0.05, 0) is 12.1 Å². The number of rotatable bonds is 4. The van der Waals surface area contributed by atoms with Gasteiger partial charge in [0.25, 0.3) is 0 Å². The Balaban J connectivity index is 2.09. The summed E-state index contributed by atoms with van der Waals surface area (Å²) in [5.74, 6) is -1.91. The van der Waals surface area contributed by atoms with Crippen LogP contribution in [0.5, 0.6) is 28.7 Å². The third kappa shape index (κ3) is 4.62. The lowest BCUT2D eigenvalue weighted by Gasteiger charge is -2.34. The van der Waals surface area contributed by atoms with Gasteiger partial charge in [0.05, 0.1) is 0 Å². The third-order valence-corrected chi connectivity index (χ3v) is 4.30. The van der Waals surface area contributed by atoms with Crippen LogP contribution in [0.2, 0.25) is 0 Å². The number of benzene rings is 2. The van der Waals surface area contributed by atoms with E-state index in [1.54, 1.807) is 0 Å². The summed E-state index contributed by atoms with van der Waals surface area (Å²) in [6.45, 7) is 3.70. The molecule has 0 fully saturated rings. The molecule has 1 aliphatic heterocycles. The highest BCUT2D eigenvalue weighted by Gasteiger charge is 2.36. The quantitative estimate of drug-likeness (QED) is 0.439. The Hall–Kier alpha value is -3.75. The van der Waals surface area contributed by atoms with Crippen LogP contribution in [0.3, 0.4) is 0 Å². The Morgan fingerprint density at radius 1 is 0.933 bits per heavy atom. The van der Waals surface area contributed by atoms with E-state index in [0.717, 1.165) is 0 Å². The van der Waals surface area contributed by atoms with Crippen LogP contribution in [0, 0.1) is 0 Å². The van der Waals surface area contributed by atoms with E-state index in [0.29, 0.717) is 11.1 Å². The van der Waals surface area contributed by atoms with E-state index in [-0.39, 0.29) is 35.2 Å². The Morgan fingerprint density at radius 3 is 2.23 bits per heavy atom. The fourth-order valence-electron chi connectivity index (χ4n) is 3.21. The van der Waals surface area contributed by atoms with E-state index < -0.39 is 30.1 Å². The molecule has 0 aliphatic carbocycles. The van der Waals surface area contributed by atoms with Gasteiger partial charge < -0.3 is 29.2 Å². The van der Waals surface area contributed by atoms with Crippen molar-refractivity contribution < 1.29 is 43.5 Å². The van der Waals surface area contributed by atoms with Crippen molar-refractivity contribution in [3.8, 4) is 28.7 Å². The minimum absolute atomic E-state index is 0.107. The number of hydrogen-bond acceptors (Lipinski definition) is 9. The maximum atomic E-state index is 11.6. The molecular weight excluding hydrogens is 396 g/mol. The summed E-state index contributed by atoms with van der Waals surface area (Å²) in [7, 11) is 0. The first-order valence-electron chi connectivity index (χ1n) is 9.03. The lowest BCUT2D eigenvalue weighted by atomic mass is 9.93. The Morgan fingerprint density at radius 2 is 1.63 bits per heavy atom. The Bertz CT molecular complexity index is 1010. The van der Waals surface area contributed by atoms with Crippen LogP contribution in [0.15, 0.2) is 30.3 Å². The Labute approximate surface area is 171 Å². The monoisotopic (exact) mass is 416 g/mol. The molecule has 0 saturated heterocycles. The predicted molar refractivity (Wildman–Crippen MR) is 101 cm³/mol. The molecule has 9 heteroatoms. The number of hydrogen-bond donors (Lipinski definition) is 2. The van der Waals surface area contributed by atoms with Gasteiger partial charge >= 0.3 is 17.9 Å². The first kappa shape index (κ1) is 21.0. The van der Waals surface area contributed by atoms with Gasteiger partial charge in [0.2, 0.25) is 0 Å². The molecule has 30 heavy (non-hydrogen) atoms. The lowest BCUT2D eigenvalue weighted by molar-refractivity contribution is -0.152. The molecular formula is C21H20O9. The Kier molecular flexibility index (Phi) is 5.81. The summed E-state index contributed by atoms with van der Waals surface area (Å²) >= 11 is 0. The highest BCUT2D eigenvalue weighted by molar-refractivity contribution is 5.73. The molecule has 0 aromatic heterocycles. The molecule has 158 valence electrons. The number of carbonyl (C=O) groups is 3.